The highest BCUT2D eigenvalue weighted by atomic mass is 16.4. The largest absolute Gasteiger partial charge is 0.480 e. The zero-order valence-electron chi connectivity index (χ0n) is 11.8. The first-order valence-corrected chi connectivity index (χ1v) is 6.34. The molecule has 0 aliphatic heterocycles. The van der Waals surface area contributed by atoms with E-state index in [1.165, 1.54) is 4.90 Å². The summed E-state index contributed by atoms with van der Waals surface area (Å²) in [5, 5.41) is 11.5. The number of hydrogen-bond donors (Lipinski definition) is 2. The SMILES string of the molecule is C=CCN(CC(=O)O)CC(=O)Nc1ccc(C)c(C)c1. The van der Waals surface area contributed by atoms with Crippen LogP contribution in [0.1, 0.15) is 11.1 Å². The van der Waals surface area contributed by atoms with E-state index in [1.807, 2.05) is 32.0 Å². The molecule has 0 saturated heterocycles. The van der Waals surface area contributed by atoms with Gasteiger partial charge in [0.15, 0.2) is 0 Å². The van der Waals surface area contributed by atoms with E-state index < -0.39 is 5.97 Å². The van der Waals surface area contributed by atoms with Crippen molar-refractivity contribution in [1.82, 2.24) is 4.90 Å². The van der Waals surface area contributed by atoms with Crippen LogP contribution in [0.4, 0.5) is 5.69 Å². The van der Waals surface area contributed by atoms with Crippen molar-refractivity contribution in [2.24, 2.45) is 0 Å². The van der Waals surface area contributed by atoms with E-state index >= 15 is 0 Å². The first-order valence-electron chi connectivity index (χ1n) is 6.34. The summed E-state index contributed by atoms with van der Waals surface area (Å²) in [5.41, 5.74) is 2.96. The molecule has 1 rings (SSSR count). The maximum atomic E-state index is 11.9. The van der Waals surface area contributed by atoms with Crippen molar-refractivity contribution in [2.75, 3.05) is 25.0 Å². The van der Waals surface area contributed by atoms with Gasteiger partial charge in [0.25, 0.3) is 0 Å². The number of carboxylic acid groups (broad SMARTS) is 1. The molecule has 0 unspecified atom stereocenters. The number of nitrogens with one attached hydrogen (secondary N) is 1. The van der Waals surface area contributed by atoms with Gasteiger partial charge in [-0.15, -0.1) is 6.58 Å². The van der Waals surface area contributed by atoms with Crippen LogP contribution in [0, 0.1) is 13.8 Å². The molecule has 0 aromatic heterocycles. The van der Waals surface area contributed by atoms with Crippen molar-refractivity contribution in [3.8, 4) is 0 Å². The molecule has 0 atom stereocenters. The van der Waals surface area contributed by atoms with Gasteiger partial charge in [0.2, 0.25) is 5.91 Å². The topological polar surface area (TPSA) is 69.6 Å². The van der Waals surface area contributed by atoms with Crippen LogP contribution in [-0.2, 0) is 9.59 Å². The summed E-state index contributed by atoms with van der Waals surface area (Å²) in [7, 11) is 0. The average molecular weight is 276 g/mol. The number of carbonyl (C=O) groups excluding carboxylic acids is 1. The molecule has 0 saturated carbocycles. The molecule has 0 aliphatic rings. The van der Waals surface area contributed by atoms with Crippen LogP contribution in [0.3, 0.4) is 0 Å². The van der Waals surface area contributed by atoms with Gasteiger partial charge in [-0.2, -0.15) is 0 Å². The zero-order valence-corrected chi connectivity index (χ0v) is 11.8. The third-order valence-electron chi connectivity index (χ3n) is 2.90. The predicted molar refractivity (Wildman–Crippen MR) is 78.8 cm³/mol. The Kier molecular flexibility index (Phi) is 5.93. The van der Waals surface area contributed by atoms with E-state index in [1.54, 1.807) is 6.08 Å². The Morgan fingerprint density at radius 2 is 2.00 bits per heavy atom. The van der Waals surface area contributed by atoms with Crippen molar-refractivity contribution in [3.63, 3.8) is 0 Å². The van der Waals surface area contributed by atoms with E-state index in [2.05, 4.69) is 11.9 Å². The van der Waals surface area contributed by atoms with Crippen molar-refractivity contribution >= 4 is 17.6 Å². The Morgan fingerprint density at radius 1 is 1.30 bits per heavy atom. The summed E-state index contributed by atoms with van der Waals surface area (Å²) in [4.78, 5) is 24.1. The lowest BCUT2D eigenvalue weighted by atomic mass is 10.1. The zero-order chi connectivity index (χ0) is 15.1. The number of benzene rings is 1. The van der Waals surface area contributed by atoms with Gasteiger partial charge in [-0.1, -0.05) is 12.1 Å². The van der Waals surface area contributed by atoms with Gasteiger partial charge in [0, 0.05) is 12.2 Å². The lowest BCUT2D eigenvalue weighted by Crippen LogP contribution is -2.37. The highest BCUT2D eigenvalue weighted by Crippen LogP contribution is 2.14. The van der Waals surface area contributed by atoms with E-state index in [-0.39, 0.29) is 19.0 Å². The molecule has 0 radical (unpaired) electrons. The third kappa shape index (κ3) is 5.24. The van der Waals surface area contributed by atoms with Crippen LogP contribution in [0.15, 0.2) is 30.9 Å². The number of hydrogen-bond acceptors (Lipinski definition) is 3. The fraction of sp³-hybridized carbons (Fsp3) is 0.333. The molecule has 108 valence electrons. The van der Waals surface area contributed by atoms with E-state index in [4.69, 9.17) is 5.11 Å². The number of nitrogens with zero attached hydrogens (tertiary/aromatic N) is 1. The number of carbonyl (C=O) groups is 2. The van der Waals surface area contributed by atoms with Crippen LogP contribution < -0.4 is 5.32 Å². The van der Waals surface area contributed by atoms with Gasteiger partial charge in [-0.25, -0.2) is 0 Å². The lowest BCUT2D eigenvalue weighted by molar-refractivity contribution is -0.138. The highest BCUT2D eigenvalue weighted by Gasteiger charge is 2.13. The Morgan fingerprint density at radius 3 is 2.55 bits per heavy atom. The molecule has 0 spiro atoms. The molecule has 0 aliphatic carbocycles. The number of carboxylic acids is 1. The van der Waals surface area contributed by atoms with Gasteiger partial charge in [-0.05, 0) is 37.1 Å². The molecule has 1 aromatic rings. The second-order valence-electron chi connectivity index (χ2n) is 4.70. The Hall–Kier alpha value is -2.14. The minimum Gasteiger partial charge on any atom is -0.480 e. The van der Waals surface area contributed by atoms with Crippen molar-refractivity contribution in [3.05, 3.63) is 42.0 Å². The Bertz CT molecular complexity index is 512. The monoisotopic (exact) mass is 276 g/mol. The highest BCUT2D eigenvalue weighted by molar-refractivity contribution is 5.92. The molecule has 5 nitrogen and oxygen atoms in total. The molecule has 0 fully saturated rings. The summed E-state index contributed by atoms with van der Waals surface area (Å²) in [6.07, 6.45) is 1.58. The van der Waals surface area contributed by atoms with Crippen LogP contribution in [0.25, 0.3) is 0 Å². The second-order valence-corrected chi connectivity index (χ2v) is 4.70. The maximum Gasteiger partial charge on any atom is 0.317 e. The summed E-state index contributed by atoms with van der Waals surface area (Å²) < 4.78 is 0. The molecule has 5 heteroatoms. The standard InChI is InChI=1S/C15H20N2O3/c1-4-7-17(10-15(19)20)9-14(18)16-13-6-5-11(2)12(3)8-13/h4-6,8H,1,7,9-10H2,2-3H3,(H,16,18)(H,19,20). The number of aliphatic carboxylic acids is 1. The summed E-state index contributed by atoms with van der Waals surface area (Å²) in [6.45, 7) is 7.71. The first kappa shape index (κ1) is 15.9. The molecule has 1 amide bonds. The lowest BCUT2D eigenvalue weighted by Gasteiger charge is -2.17. The van der Waals surface area contributed by atoms with Crippen molar-refractivity contribution in [1.29, 1.82) is 0 Å². The van der Waals surface area contributed by atoms with Crippen LogP contribution in [-0.4, -0.2) is 41.5 Å². The predicted octanol–water partition coefficient (Wildman–Crippen LogP) is 1.81. The first-order chi connectivity index (χ1) is 9.42. The van der Waals surface area contributed by atoms with Crippen molar-refractivity contribution < 1.29 is 14.7 Å². The fourth-order valence-electron chi connectivity index (χ4n) is 1.78. The van der Waals surface area contributed by atoms with Gasteiger partial charge >= 0.3 is 5.97 Å². The molecular weight excluding hydrogens is 256 g/mol. The number of anilines is 1. The minimum atomic E-state index is -0.967. The number of amides is 1. The van der Waals surface area contributed by atoms with Gasteiger partial charge in [0.1, 0.15) is 0 Å². The average Bonchev–Trinajstić information content (AvgIpc) is 2.33. The Balaban J connectivity index is 2.62. The molecule has 0 heterocycles. The van der Waals surface area contributed by atoms with Gasteiger partial charge in [0.05, 0.1) is 13.1 Å². The number of rotatable bonds is 7. The third-order valence-corrected chi connectivity index (χ3v) is 2.90. The molecular formula is C15H20N2O3. The van der Waals surface area contributed by atoms with Crippen LogP contribution in [0.5, 0.6) is 0 Å². The molecule has 0 bridgehead atoms. The van der Waals surface area contributed by atoms with Crippen LogP contribution in [0.2, 0.25) is 0 Å². The maximum absolute atomic E-state index is 11.9. The summed E-state index contributed by atoms with van der Waals surface area (Å²) in [6, 6.07) is 5.65. The number of aryl methyl sites for hydroxylation is 2. The molecule has 20 heavy (non-hydrogen) atoms. The summed E-state index contributed by atoms with van der Waals surface area (Å²) in [5.74, 6) is -1.21. The Labute approximate surface area is 118 Å². The smallest absolute Gasteiger partial charge is 0.317 e. The molecule has 1 aromatic carbocycles. The molecule has 2 N–H and O–H groups in total. The van der Waals surface area contributed by atoms with E-state index in [0.29, 0.717) is 12.2 Å². The quantitative estimate of drug-likeness (QED) is 0.745. The minimum absolute atomic E-state index is 0.0191. The van der Waals surface area contributed by atoms with Crippen LogP contribution >= 0.6 is 0 Å². The van der Waals surface area contributed by atoms with Gasteiger partial charge < -0.3 is 10.4 Å². The fourth-order valence-corrected chi connectivity index (χ4v) is 1.78. The second kappa shape index (κ2) is 7.45. The summed E-state index contributed by atoms with van der Waals surface area (Å²) >= 11 is 0. The van der Waals surface area contributed by atoms with Gasteiger partial charge in [-0.3, -0.25) is 14.5 Å². The van der Waals surface area contributed by atoms with E-state index in [9.17, 15) is 9.59 Å². The normalized spacial score (nSPS) is 10.3. The van der Waals surface area contributed by atoms with E-state index in [0.717, 1.165) is 11.1 Å². The van der Waals surface area contributed by atoms with Crippen molar-refractivity contribution in [2.45, 2.75) is 13.8 Å².